The Morgan fingerprint density at radius 1 is 1.08 bits per heavy atom. The van der Waals surface area contributed by atoms with Gasteiger partial charge in [0.2, 0.25) is 7.37 Å². The zero-order valence-electron chi connectivity index (χ0n) is 14.2. The summed E-state index contributed by atoms with van der Waals surface area (Å²) in [5.74, 6) is -0.0759. The van der Waals surface area contributed by atoms with Crippen LogP contribution >= 0.6 is 15.0 Å². The lowest BCUT2D eigenvalue weighted by Crippen LogP contribution is -2.47. The number of carbonyl (C=O) groups excluding carboxylic acids is 1. The first kappa shape index (κ1) is 20.6. The van der Waals surface area contributed by atoms with Crippen LogP contribution in [-0.4, -0.2) is 37.3 Å². The summed E-state index contributed by atoms with van der Waals surface area (Å²) in [4.78, 5) is 39.8. The molecule has 2 rings (SSSR count). The number of aliphatic hydroxyl groups is 1. The summed E-state index contributed by atoms with van der Waals surface area (Å²) in [5.41, 5.74) is 1.91. The summed E-state index contributed by atoms with van der Waals surface area (Å²) in [5, 5.41) is 7.17. The number of Topliss-reactive ketones (excluding diaryl/α,β-unsaturated/α-hetero) is 1. The Morgan fingerprint density at radius 3 is 2.12 bits per heavy atom. The zero-order chi connectivity index (χ0) is 19.8. The summed E-state index contributed by atoms with van der Waals surface area (Å²) in [6.45, 7) is 1.39. The lowest BCUT2D eigenvalue weighted by Gasteiger charge is -2.27. The summed E-state index contributed by atoms with van der Waals surface area (Å²) in [7, 11) is -9.84. The van der Waals surface area contributed by atoms with E-state index in [1.54, 1.807) is 36.4 Å². The first-order valence-corrected chi connectivity index (χ1v) is 11.3. The van der Waals surface area contributed by atoms with Crippen molar-refractivity contribution >= 4 is 20.7 Å². The van der Waals surface area contributed by atoms with Gasteiger partial charge in [-0.15, -0.1) is 0 Å². The highest BCUT2D eigenvalue weighted by atomic mass is 31.2. The van der Waals surface area contributed by atoms with Crippen LogP contribution in [0.15, 0.2) is 48.8 Å². The fourth-order valence-electron chi connectivity index (χ4n) is 2.40. The maximum Gasteiger partial charge on any atom is 0.373 e. The third kappa shape index (κ3) is 4.18. The van der Waals surface area contributed by atoms with Crippen molar-refractivity contribution in [2.45, 2.75) is 18.6 Å². The van der Waals surface area contributed by atoms with E-state index < -0.39 is 26.6 Å². The molecule has 1 heterocycles. The molecule has 0 aliphatic heterocycles. The zero-order valence-corrected chi connectivity index (χ0v) is 16.0. The standard InChI is InChI=1S/C16H19NO7P2/c1-12(18)13-5-7-14(8-6-13)15-4-3-9-17(10-15)11-16(19,25(2,20)21)26(22,23)24/h3-10,19H,11H2,1-2H3,(H2-,20,21,22,23,24)/p+1. The summed E-state index contributed by atoms with van der Waals surface area (Å²) in [6, 6.07) is 10.0. The highest BCUT2D eigenvalue weighted by Gasteiger charge is 2.60. The lowest BCUT2D eigenvalue weighted by molar-refractivity contribution is -0.702. The van der Waals surface area contributed by atoms with Crippen molar-refractivity contribution in [3.8, 4) is 11.1 Å². The molecule has 4 N–H and O–H groups in total. The molecule has 0 saturated carbocycles. The van der Waals surface area contributed by atoms with Crippen molar-refractivity contribution in [1.82, 2.24) is 0 Å². The first-order valence-electron chi connectivity index (χ1n) is 7.54. The fraction of sp³-hybridized carbons (Fsp3) is 0.250. The number of rotatable bonds is 6. The average Bonchev–Trinajstić information content (AvgIpc) is 2.53. The van der Waals surface area contributed by atoms with E-state index in [2.05, 4.69) is 0 Å². The highest BCUT2D eigenvalue weighted by molar-refractivity contribution is 7.74. The van der Waals surface area contributed by atoms with Gasteiger partial charge in [-0.3, -0.25) is 13.9 Å². The third-order valence-electron chi connectivity index (χ3n) is 4.01. The van der Waals surface area contributed by atoms with Crippen molar-refractivity contribution in [2.75, 3.05) is 6.66 Å². The number of ketones is 1. The van der Waals surface area contributed by atoms with Gasteiger partial charge in [-0.05, 0) is 18.6 Å². The van der Waals surface area contributed by atoms with Crippen molar-refractivity contribution < 1.29 is 38.3 Å². The molecule has 2 aromatic rings. The predicted octanol–water partition coefficient (Wildman–Crippen LogP) is 1.57. The fourth-order valence-corrected chi connectivity index (χ4v) is 5.11. The van der Waals surface area contributed by atoms with Gasteiger partial charge >= 0.3 is 12.7 Å². The molecule has 2 unspecified atom stereocenters. The minimum absolute atomic E-state index is 0.0759. The number of pyridine rings is 1. The molecular formula is C16H20NO7P2+. The molecule has 0 amide bonds. The molecule has 0 saturated heterocycles. The molecule has 0 aliphatic carbocycles. The van der Waals surface area contributed by atoms with E-state index in [0.29, 0.717) is 17.8 Å². The molecule has 10 heteroatoms. The van der Waals surface area contributed by atoms with Gasteiger partial charge in [-0.2, -0.15) is 0 Å². The van der Waals surface area contributed by atoms with Gasteiger partial charge in [-0.25, -0.2) is 4.57 Å². The normalized spacial score (nSPS) is 16.5. The monoisotopic (exact) mass is 400 g/mol. The van der Waals surface area contributed by atoms with Crippen molar-refractivity contribution in [3.63, 3.8) is 0 Å². The van der Waals surface area contributed by atoms with Gasteiger partial charge in [0.25, 0.3) is 0 Å². The second kappa shape index (κ2) is 7.16. The van der Waals surface area contributed by atoms with Crippen LogP contribution in [-0.2, 0) is 15.7 Å². The number of carbonyl (C=O) groups is 1. The molecule has 1 aromatic carbocycles. The minimum atomic E-state index is -5.30. The predicted molar refractivity (Wildman–Crippen MR) is 94.8 cm³/mol. The van der Waals surface area contributed by atoms with Crippen LogP contribution < -0.4 is 4.57 Å². The molecular weight excluding hydrogens is 380 g/mol. The number of hydrogen-bond donors (Lipinski definition) is 4. The largest absolute Gasteiger partial charge is 0.373 e. The Labute approximate surface area is 150 Å². The Bertz CT molecular complexity index is 892. The van der Waals surface area contributed by atoms with Crippen LogP contribution in [0.25, 0.3) is 11.1 Å². The van der Waals surface area contributed by atoms with Crippen LogP contribution in [0.5, 0.6) is 0 Å². The molecule has 0 spiro atoms. The topological polar surface area (TPSA) is 136 Å². The van der Waals surface area contributed by atoms with Gasteiger partial charge < -0.3 is 19.8 Å². The van der Waals surface area contributed by atoms with E-state index in [1.165, 1.54) is 23.9 Å². The van der Waals surface area contributed by atoms with Crippen LogP contribution in [0.1, 0.15) is 17.3 Å². The maximum absolute atomic E-state index is 11.9. The molecule has 1 aromatic heterocycles. The molecule has 0 aliphatic rings. The average molecular weight is 400 g/mol. The van der Waals surface area contributed by atoms with Crippen molar-refractivity contribution in [3.05, 3.63) is 54.4 Å². The highest BCUT2D eigenvalue weighted by Crippen LogP contribution is 2.67. The summed E-state index contributed by atoms with van der Waals surface area (Å²) < 4.78 is 24.8. The van der Waals surface area contributed by atoms with Gasteiger partial charge in [-0.1, -0.05) is 24.3 Å². The second-order valence-electron chi connectivity index (χ2n) is 6.10. The van der Waals surface area contributed by atoms with Gasteiger partial charge in [0, 0.05) is 23.9 Å². The smallest absolute Gasteiger partial charge is 0.365 e. The van der Waals surface area contributed by atoms with Crippen molar-refractivity contribution in [2.24, 2.45) is 0 Å². The Hall–Kier alpha value is -1.66. The number of benzene rings is 1. The van der Waals surface area contributed by atoms with Crippen molar-refractivity contribution in [1.29, 1.82) is 0 Å². The van der Waals surface area contributed by atoms with E-state index in [1.807, 2.05) is 0 Å². The molecule has 8 nitrogen and oxygen atoms in total. The molecule has 0 bridgehead atoms. The van der Waals surface area contributed by atoms with Gasteiger partial charge in [0.1, 0.15) is 0 Å². The quantitative estimate of drug-likeness (QED) is 0.328. The van der Waals surface area contributed by atoms with E-state index in [-0.39, 0.29) is 5.78 Å². The maximum atomic E-state index is 11.9. The summed E-state index contributed by atoms with van der Waals surface area (Å²) >= 11 is 0. The number of hydrogen-bond acceptors (Lipinski definition) is 4. The van der Waals surface area contributed by atoms with E-state index in [0.717, 1.165) is 5.56 Å². The molecule has 2 atom stereocenters. The number of nitrogens with zero attached hydrogens (tertiary/aromatic N) is 1. The van der Waals surface area contributed by atoms with Gasteiger partial charge in [0.15, 0.2) is 24.7 Å². The Kier molecular flexibility index (Phi) is 5.69. The summed E-state index contributed by atoms with van der Waals surface area (Å²) in [6.07, 6.45) is 2.91. The second-order valence-corrected chi connectivity index (χ2v) is 10.8. The van der Waals surface area contributed by atoms with Crippen LogP contribution in [0.2, 0.25) is 0 Å². The lowest BCUT2D eigenvalue weighted by atomic mass is 10.0. The molecule has 26 heavy (non-hydrogen) atoms. The Morgan fingerprint density at radius 2 is 1.65 bits per heavy atom. The Balaban J connectivity index is 2.41. The number of aromatic nitrogens is 1. The van der Waals surface area contributed by atoms with Gasteiger partial charge in [0.05, 0.1) is 0 Å². The van der Waals surface area contributed by atoms with Crippen LogP contribution in [0.3, 0.4) is 0 Å². The molecule has 0 radical (unpaired) electrons. The minimum Gasteiger partial charge on any atom is -0.365 e. The van der Waals surface area contributed by atoms with Crippen LogP contribution in [0, 0.1) is 0 Å². The van der Waals surface area contributed by atoms with E-state index >= 15 is 0 Å². The third-order valence-corrected chi connectivity index (χ3v) is 8.45. The van der Waals surface area contributed by atoms with E-state index in [4.69, 9.17) is 0 Å². The molecule has 140 valence electrons. The SMILES string of the molecule is CC(=O)c1ccc(-c2ccc[n+](CC(O)(P(C)(=O)O)P(=O)(O)O)c2)cc1. The van der Waals surface area contributed by atoms with E-state index in [9.17, 15) is 33.7 Å². The first-order chi connectivity index (χ1) is 11.8. The van der Waals surface area contributed by atoms with Crippen LogP contribution in [0.4, 0.5) is 0 Å². The molecule has 0 fully saturated rings.